The number of rotatable bonds is 3. The Morgan fingerprint density at radius 3 is 2.68 bits per heavy atom. The molecule has 2 aromatic rings. The zero-order valence-electron chi connectivity index (χ0n) is 9.34. The molecule has 0 bridgehead atoms. The van der Waals surface area contributed by atoms with E-state index in [1.54, 1.807) is 0 Å². The Hall–Kier alpha value is -1.93. The normalized spacial score (nSPS) is 11.3. The van der Waals surface area contributed by atoms with Gasteiger partial charge in [0.15, 0.2) is 0 Å². The monoisotopic (exact) mass is 302 g/mol. The third-order valence-corrected chi connectivity index (χ3v) is 3.68. The van der Waals surface area contributed by atoms with E-state index in [0.29, 0.717) is 0 Å². The molecule has 0 aliphatic carbocycles. The van der Waals surface area contributed by atoms with Crippen molar-refractivity contribution in [1.82, 2.24) is 9.97 Å². The molecule has 0 amide bonds. The standard InChI is InChI=1S/C10H8ClFN4O2S/c11-10-14-4-3-9(15-10)16-19(17,18)6-1-2-7(12)8(13)5-6/h1-5H,13H2,(H,14,15,16). The van der Waals surface area contributed by atoms with Crippen LogP contribution in [-0.4, -0.2) is 18.4 Å². The summed E-state index contributed by atoms with van der Waals surface area (Å²) in [5.41, 5.74) is 5.06. The molecule has 3 N–H and O–H groups in total. The molecule has 0 fully saturated rings. The van der Waals surface area contributed by atoms with E-state index in [4.69, 9.17) is 17.3 Å². The van der Waals surface area contributed by atoms with Gasteiger partial charge in [0, 0.05) is 6.20 Å². The maximum atomic E-state index is 13.0. The van der Waals surface area contributed by atoms with E-state index in [2.05, 4.69) is 14.7 Å². The molecule has 1 heterocycles. The minimum Gasteiger partial charge on any atom is -0.396 e. The SMILES string of the molecule is Nc1cc(S(=O)(=O)Nc2ccnc(Cl)n2)ccc1F. The lowest BCUT2D eigenvalue weighted by molar-refractivity contribution is 0.600. The van der Waals surface area contributed by atoms with Crippen molar-refractivity contribution in [3.63, 3.8) is 0 Å². The number of nitrogens with two attached hydrogens (primary N) is 1. The third kappa shape index (κ3) is 3.09. The van der Waals surface area contributed by atoms with Crippen molar-refractivity contribution in [2.45, 2.75) is 4.90 Å². The molecule has 19 heavy (non-hydrogen) atoms. The molecular weight excluding hydrogens is 295 g/mol. The van der Waals surface area contributed by atoms with Gasteiger partial charge < -0.3 is 5.73 Å². The maximum absolute atomic E-state index is 13.0. The minimum atomic E-state index is -3.91. The highest BCUT2D eigenvalue weighted by molar-refractivity contribution is 7.92. The second-order valence-corrected chi connectivity index (χ2v) is 5.52. The van der Waals surface area contributed by atoms with Crippen molar-refractivity contribution in [3.8, 4) is 0 Å². The van der Waals surface area contributed by atoms with Crippen molar-refractivity contribution < 1.29 is 12.8 Å². The molecule has 6 nitrogen and oxygen atoms in total. The van der Waals surface area contributed by atoms with Crippen LogP contribution in [-0.2, 0) is 10.0 Å². The van der Waals surface area contributed by atoms with Gasteiger partial charge in [-0.15, -0.1) is 0 Å². The van der Waals surface area contributed by atoms with Gasteiger partial charge in [0.1, 0.15) is 11.6 Å². The summed E-state index contributed by atoms with van der Waals surface area (Å²) in [6.45, 7) is 0. The van der Waals surface area contributed by atoms with Gasteiger partial charge in [0.05, 0.1) is 10.6 Å². The molecule has 1 aromatic carbocycles. The quantitative estimate of drug-likeness (QED) is 0.663. The lowest BCUT2D eigenvalue weighted by atomic mass is 10.3. The topological polar surface area (TPSA) is 98.0 Å². The molecule has 100 valence electrons. The molecule has 0 saturated carbocycles. The highest BCUT2D eigenvalue weighted by Crippen LogP contribution is 2.19. The Balaban J connectivity index is 2.35. The van der Waals surface area contributed by atoms with Crippen LogP contribution >= 0.6 is 11.6 Å². The van der Waals surface area contributed by atoms with E-state index in [1.807, 2.05) is 0 Å². The molecule has 0 atom stereocenters. The maximum Gasteiger partial charge on any atom is 0.263 e. The summed E-state index contributed by atoms with van der Waals surface area (Å²) < 4.78 is 39.1. The van der Waals surface area contributed by atoms with E-state index in [9.17, 15) is 12.8 Å². The van der Waals surface area contributed by atoms with E-state index in [0.717, 1.165) is 18.2 Å². The summed E-state index contributed by atoms with van der Waals surface area (Å²) in [5, 5.41) is -0.0983. The summed E-state index contributed by atoms with van der Waals surface area (Å²) in [4.78, 5) is 7.12. The summed E-state index contributed by atoms with van der Waals surface area (Å²) >= 11 is 5.54. The first-order chi connectivity index (χ1) is 8.88. The molecule has 0 radical (unpaired) electrons. The number of aromatic nitrogens is 2. The first-order valence-electron chi connectivity index (χ1n) is 4.95. The number of hydrogen-bond donors (Lipinski definition) is 2. The average Bonchev–Trinajstić information content (AvgIpc) is 2.32. The highest BCUT2D eigenvalue weighted by atomic mass is 35.5. The fourth-order valence-electron chi connectivity index (χ4n) is 1.28. The number of nitrogens with zero attached hydrogens (tertiary/aromatic N) is 2. The van der Waals surface area contributed by atoms with Crippen molar-refractivity contribution in [3.05, 3.63) is 41.6 Å². The fraction of sp³-hybridized carbons (Fsp3) is 0. The highest BCUT2D eigenvalue weighted by Gasteiger charge is 2.16. The molecular formula is C10H8ClFN4O2S. The minimum absolute atomic E-state index is 0.00268. The van der Waals surface area contributed by atoms with Crippen LogP contribution in [0.1, 0.15) is 0 Å². The van der Waals surface area contributed by atoms with E-state index in [1.165, 1.54) is 12.3 Å². The molecule has 0 aliphatic heterocycles. The number of hydrogen-bond acceptors (Lipinski definition) is 5. The Labute approximate surface area is 113 Å². The van der Waals surface area contributed by atoms with Gasteiger partial charge in [-0.25, -0.2) is 17.8 Å². The van der Waals surface area contributed by atoms with Crippen LogP contribution in [0.4, 0.5) is 15.9 Å². The summed E-state index contributed by atoms with van der Waals surface area (Å²) in [6, 6.07) is 4.41. The number of benzene rings is 1. The molecule has 1 aromatic heterocycles. The summed E-state index contributed by atoms with van der Waals surface area (Å²) in [6.07, 6.45) is 1.30. The van der Waals surface area contributed by atoms with Crippen LogP contribution in [0.2, 0.25) is 5.28 Å². The van der Waals surface area contributed by atoms with Gasteiger partial charge in [-0.2, -0.15) is 4.98 Å². The second kappa shape index (κ2) is 4.98. The Kier molecular flexibility index (Phi) is 3.54. The second-order valence-electron chi connectivity index (χ2n) is 3.50. The summed E-state index contributed by atoms with van der Waals surface area (Å²) in [5.74, 6) is -0.688. The van der Waals surface area contributed by atoms with Crippen LogP contribution in [0.5, 0.6) is 0 Å². The van der Waals surface area contributed by atoms with Gasteiger partial charge >= 0.3 is 0 Å². The van der Waals surface area contributed by atoms with Crippen LogP contribution in [0.15, 0.2) is 35.4 Å². The van der Waals surface area contributed by atoms with Gasteiger partial charge in [0.2, 0.25) is 5.28 Å². The van der Waals surface area contributed by atoms with Crippen LogP contribution < -0.4 is 10.5 Å². The Morgan fingerprint density at radius 1 is 1.32 bits per heavy atom. The van der Waals surface area contributed by atoms with Crippen LogP contribution in [0.25, 0.3) is 0 Å². The lowest BCUT2D eigenvalue weighted by Gasteiger charge is -2.08. The fourth-order valence-corrected chi connectivity index (χ4v) is 2.46. The van der Waals surface area contributed by atoms with Crippen LogP contribution in [0.3, 0.4) is 0 Å². The Bertz CT molecular complexity index is 723. The van der Waals surface area contributed by atoms with E-state index < -0.39 is 15.8 Å². The van der Waals surface area contributed by atoms with Crippen molar-refractivity contribution >= 4 is 33.1 Å². The predicted molar refractivity (Wildman–Crippen MR) is 68.7 cm³/mol. The van der Waals surface area contributed by atoms with Gasteiger partial charge in [0.25, 0.3) is 10.0 Å². The average molecular weight is 303 g/mol. The zero-order chi connectivity index (χ0) is 14.0. The van der Waals surface area contributed by atoms with Gasteiger partial charge in [-0.05, 0) is 35.9 Å². The number of nitrogens with one attached hydrogen (secondary N) is 1. The van der Waals surface area contributed by atoms with Crippen LogP contribution in [0, 0.1) is 5.82 Å². The number of nitrogen functional groups attached to an aromatic ring is 1. The number of halogens is 2. The zero-order valence-corrected chi connectivity index (χ0v) is 10.9. The van der Waals surface area contributed by atoms with Crippen molar-refractivity contribution in [2.75, 3.05) is 10.5 Å². The third-order valence-electron chi connectivity index (χ3n) is 2.14. The smallest absolute Gasteiger partial charge is 0.263 e. The molecule has 0 saturated heterocycles. The molecule has 0 spiro atoms. The molecule has 0 unspecified atom stereocenters. The lowest BCUT2D eigenvalue weighted by Crippen LogP contribution is -2.14. The molecule has 9 heteroatoms. The molecule has 0 aliphatic rings. The predicted octanol–water partition coefficient (Wildman–Crippen LogP) is 1.65. The van der Waals surface area contributed by atoms with Crippen molar-refractivity contribution in [2.24, 2.45) is 0 Å². The van der Waals surface area contributed by atoms with E-state index in [-0.39, 0.29) is 21.7 Å². The number of anilines is 2. The van der Waals surface area contributed by atoms with Gasteiger partial charge in [-0.3, -0.25) is 4.72 Å². The first-order valence-corrected chi connectivity index (χ1v) is 6.81. The van der Waals surface area contributed by atoms with E-state index >= 15 is 0 Å². The molecule has 2 rings (SSSR count). The Morgan fingerprint density at radius 2 is 2.05 bits per heavy atom. The summed E-state index contributed by atoms with van der Waals surface area (Å²) in [7, 11) is -3.91. The first kappa shape index (κ1) is 13.5. The van der Waals surface area contributed by atoms with Gasteiger partial charge in [-0.1, -0.05) is 0 Å². The van der Waals surface area contributed by atoms with Crippen molar-refractivity contribution in [1.29, 1.82) is 0 Å². The number of sulfonamides is 1. The largest absolute Gasteiger partial charge is 0.396 e.